The Hall–Kier alpha value is -1.58. The summed E-state index contributed by atoms with van der Waals surface area (Å²) in [6.45, 7) is 3.96. The van der Waals surface area contributed by atoms with Crippen molar-refractivity contribution < 1.29 is 5.11 Å². The van der Waals surface area contributed by atoms with Crippen LogP contribution in [0.15, 0.2) is 18.3 Å². The first-order valence-electron chi connectivity index (χ1n) is 4.22. The van der Waals surface area contributed by atoms with Crippen LogP contribution in [-0.4, -0.2) is 19.6 Å². The molecule has 0 unspecified atom stereocenters. The summed E-state index contributed by atoms with van der Waals surface area (Å²) in [4.78, 5) is 8.15. The molecular formula is C9H11N3O. The van der Waals surface area contributed by atoms with E-state index >= 15 is 0 Å². The molecule has 0 fully saturated rings. The number of aromatic hydroxyl groups is 1. The largest absolute Gasteiger partial charge is 0.480 e. The number of rotatable bonds is 1. The Morgan fingerprint density at radius 2 is 2.23 bits per heavy atom. The summed E-state index contributed by atoms with van der Waals surface area (Å²) in [5, 5.41) is 9.52. The Balaban J connectivity index is 2.78. The van der Waals surface area contributed by atoms with Crippen LogP contribution in [0.1, 0.15) is 19.9 Å². The number of nitrogens with zero attached hydrogens (tertiary/aromatic N) is 3. The Labute approximate surface area is 75.9 Å². The molecule has 0 aliphatic rings. The van der Waals surface area contributed by atoms with Gasteiger partial charge in [-0.05, 0) is 26.0 Å². The molecule has 2 aromatic heterocycles. The quantitative estimate of drug-likeness (QED) is 0.721. The Morgan fingerprint density at radius 1 is 1.46 bits per heavy atom. The fraction of sp³-hybridized carbons (Fsp3) is 0.333. The number of hydrogen-bond acceptors (Lipinski definition) is 3. The van der Waals surface area contributed by atoms with Crippen molar-refractivity contribution in [3.05, 3.63) is 18.3 Å². The third-order valence-corrected chi connectivity index (χ3v) is 1.95. The lowest BCUT2D eigenvalue weighted by Gasteiger charge is -2.07. The van der Waals surface area contributed by atoms with Gasteiger partial charge in [-0.2, -0.15) is 4.98 Å². The molecule has 0 atom stereocenters. The maximum Gasteiger partial charge on any atom is 0.296 e. The monoisotopic (exact) mass is 177 g/mol. The predicted octanol–water partition coefficient (Wildman–Crippen LogP) is 1.72. The molecule has 4 heteroatoms. The van der Waals surface area contributed by atoms with Gasteiger partial charge in [0.05, 0.1) is 0 Å². The summed E-state index contributed by atoms with van der Waals surface area (Å²) in [5.74, 6) is 0. The average molecular weight is 177 g/mol. The summed E-state index contributed by atoms with van der Waals surface area (Å²) in [7, 11) is 0. The van der Waals surface area contributed by atoms with Gasteiger partial charge in [0.1, 0.15) is 5.52 Å². The first kappa shape index (κ1) is 8.04. The molecule has 0 bridgehead atoms. The van der Waals surface area contributed by atoms with Crippen LogP contribution in [0.25, 0.3) is 11.2 Å². The van der Waals surface area contributed by atoms with Crippen LogP contribution >= 0.6 is 0 Å². The zero-order valence-electron chi connectivity index (χ0n) is 7.60. The lowest BCUT2D eigenvalue weighted by molar-refractivity contribution is 0.387. The van der Waals surface area contributed by atoms with Gasteiger partial charge in [0.15, 0.2) is 5.65 Å². The van der Waals surface area contributed by atoms with Crippen molar-refractivity contribution in [3.63, 3.8) is 0 Å². The van der Waals surface area contributed by atoms with Crippen molar-refractivity contribution in [3.8, 4) is 6.01 Å². The lowest BCUT2D eigenvalue weighted by atomic mass is 10.4. The van der Waals surface area contributed by atoms with Crippen molar-refractivity contribution in [2.45, 2.75) is 19.9 Å². The fourth-order valence-corrected chi connectivity index (χ4v) is 1.39. The SMILES string of the molecule is CC(C)n1c(O)nc2cccnc21. The molecule has 13 heavy (non-hydrogen) atoms. The van der Waals surface area contributed by atoms with Crippen LogP contribution in [0.5, 0.6) is 6.01 Å². The Morgan fingerprint density at radius 3 is 2.92 bits per heavy atom. The maximum absolute atomic E-state index is 9.52. The minimum absolute atomic E-state index is 0.0312. The van der Waals surface area contributed by atoms with Gasteiger partial charge in [-0.15, -0.1) is 0 Å². The molecule has 0 aliphatic carbocycles. The van der Waals surface area contributed by atoms with Crippen LogP contribution in [0.4, 0.5) is 0 Å². The van der Waals surface area contributed by atoms with Crippen molar-refractivity contribution in [1.82, 2.24) is 14.5 Å². The first-order chi connectivity index (χ1) is 6.20. The Kier molecular flexibility index (Phi) is 1.69. The molecule has 0 spiro atoms. The average Bonchev–Trinajstić information content (AvgIpc) is 2.39. The van der Waals surface area contributed by atoms with E-state index in [0.717, 1.165) is 11.2 Å². The second kappa shape index (κ2) is 2.73. The highest BCUT2D eigenvalue weighted by atomic mass is 16.3. The van der Waals surface area contributed by atoms with E-state index in [4.69, 9.17) is 0 Å². The van der Waals surface area contributed by atoms with Crippen LogP contribution < -0.4 is 0 Å². The number of pyridine rings is 1. The molecule has 0 saturated heterocycles. The molecule has 0 saturated carbocycles. The highest BCUT2D eigenvalue weighted by Crippen LogP contribution is 2.22. The molecule has 4 nitrogen and oxygen atoms in total. The third kappa shape index (κ3) is 1.14. The van der Waals surface area contributed by atoms with Gasteiger partial charge in [-0.3, -0.25) is 4.57 Å². The zero-order valence-corrected chi connectivity index (χ0v) is 7.60. The van der Waals surface area contributed by atoms with E-state index in [2.05, 4.69) is 9.97 Å². The summed E-state index contributed by atoms with van der Waals surface area (Å²) in [6, 6.07) is 3.84. The van der Waals surface area contributed by atoms with Gasteiger partial charge in [0.2, 0.25) is 0 Å². The zero-order chi connectivity index (χ0) is 9.42. The molecule has 1 N–H and O–H groups in total. The Bertz CT molecular complexity index is 433. The molecular weight excluding hydrogens is 166 g/mol. The van der Waals surface area contributed by atoms with Crippen LogP contribution in [0.2, 0.25) is 0 Å². The second-order valence-corrected chi connectivity index (χ2v) is 3.22. The molecule has 2 aromatic rings. The van der Waals surface area contributed by atoms with Gasteiger partial charge in [0, 0.05) is 12.2 Å². The van der Waals surface area contributed by atoms with Crippen LogP contribution in [-0.2, 0) is 0 Å². The first-order valence-corrected chi connectivity index (χ1v) is 4.22. The number of fused-ring (bicyclic) bond motifs is 1. The van der Waals surface area contributed by atoms with Crippen molar-refractivity contribution in [1.29, 1.82) is 0 Å². The van der Waals surface area contributed by atoms with Crippen molar-refractivity contribution in [2.75, 3.05) is 0 Å². The molecule has 2 heterocycles. The topological polar surface area (TPSA) is 50.9 Å². The van der Waals surface area contributed by atoms with Gasteiger partial charge in [-0.1, -0.05) is 0 Å². The highest BCUT2D eigenvalue weighted by molar-refractivity contribution is 5.71. The van der Waals surface area contributed by atoms with E-state index in [-0.39, 0.29) is 12.1 Å². The minimum atomic E-state index is 0.0312. The minimum Gasteiger partial charge on any atom is -0.480 e. The van der Waals surface area contributed by atoms with E-state index < -0.39 is 0 Å². The van der Waals surface area contributed by atoms with Gasteiger partial charge in [0.25, 0.3) is 6.01 Å². The number of hydrogen-bond donors (Lipinski definition) is 1. The molecule has 2 rings (SSSR count). The van der Waals surface area contributed by atoms with Gasteiger partial charge >= 0.3 is 0 Å². The molecule has 0 radical (unpaired) electrons. The van der Waals surface area contributed by atoms with Crippen LogP contribution in [0, 0.1) is 0 Å². The maximum atomic E-state index is 9.52. The van der Waals surface area contributed by atoms with E-state index in [1.807, 2.05) is 19.9 Å². The fourth-order valence-electron chi connectivity index (χ4n) is 1.39. The summed E-state index contributed by atoms with van der Waals surface area (Å²) in [5.41, 5.74) is 1.46. The third-order valence-electron chi connectivity index (χ3n) is 1.95. The molecule has 0 aliphatic heterocycles. The molecule has 0 amide bonds. The van der Waals surface area contributed by atoms with Gasteiger partial charge in [-0.25, -0.2) is 4.98 Å². The van der Waals surface area contributed by atoms with Crippen molar-refractivity contribution in [2.24, 2.45) is 0 Å². The van der Waals surface area contributed by atoms with Crippen molar-refractivity contribution >= 4 is 11.2 Å². The normalized spacial score (nSPS) is 11.3. The number of aromatic nitrogens is 3. The predicted molar refractivity (Wildman–Crippen MR) is 49.6 cm³/mol. The lowest BCUT2D eigenvalue weighted by Crippen LogP contribution is -2.00. The van der Waals surface area contributed by atoms with E-state index in [1.54, 1.807) is 16.8 Å². The standard InChI is InChI=1S/C9H11N3O/c1-6(2)12-8-7(11-9(12)13)4-3-5-10-8/h3-6H,1-2H3,(H,11,13). The second-order valence-electron chi connectivity index (χ2n) is 3.22. The summed E-state index contributed by atoms with van der Waals surface area (Å²) < 4.78 is 1.70. The molecule has 0 aromatic carbocycles. The van der Waals surface area contributed by atoms with E-state index in [0.29, 0.717) is 0 Å². The summed E-state index contributed by atoms with van der Waals surface area (Å²) in [6.07, 6.45) is 1.70. The van der Waals surface area contributed by atoms with Gasteiger partial charge < -0.3 is 5.11 Å². The highest BCUT2D eigenvalue weighted by Gasteiger charge is 2.11. The molecule has 68 valence electrons. The van der Waals surface area contributed by atoms with E-state index in [9.17, 15) is 5.11 Å². The smallest absolute Gasteiger partial charge is 0.296 e. The van der Waals surface area contributed by atoms with E-state index in [1.165, 1.54) is 0 Å². The summed E-state index contributed by atoms with van der Waals surface area (Å²) >= 11 is 0. The van der Waals surface area contributed by atoms with Crippen LogP contribution in [0.3, 0.4) is 0 Å². The number of imidazole rings is 1.